The van der Waals surface area contributed by atoms with Crippen LogP contribution in [0.25, 0.3) is 0 Å². The van der Waals surface area contributed by atoms with E-state index in [-0.39, 0.29) is 5.91 Å². The van der Waals surface area contributed by atoms with Gasteiger partial charge in [0.1, 0.15) is 11.9 Å². The lowest BCUT2D eigenvalue weighted by Crippen LogP contribution is -2.51. The molecule has 0 unspecified atom stereocenters. The van der Waals surface area contributed by atoms with Crippen molar-refractivity contribution in [1.29, 1.82) is 5.26 Å². The molecule has 0 aromatic carbocycles. The van der Waals surface area contributed by atoms with Gasteiger partial charge in [-0.25, -0.2) is 4.98 Å². The second kappa shape index (κ2) is 7.93. The molecule has 1 aromatic rings. The molecular weight excluding hydrogens is 290 g/mol. The third-order valence-electron chi connectivity index (χ3n) is 4.16. The Labute approximate surface area is 138 Å². The molecular formula is C17H25N5O. The number of likely N-dealkylation sites (tertiary alicyclic amines) is 1. The van der Waals surface area contributed by atoms with Gasteiger partial charge in [0, 0.05) is 32.4 Å². The maximum atomic E-state index is 12.7. The van der Waals surface area contributed by atoms with Gasteiger partial charge in [-0.3, -0.25) is 4.79 Å². The second-order valence-electron chi connectivity index (χ2n) is 6.37. The highest BCUT2D eigenvalue weighted by atomic mass is 16.2. The summed E-state index contributed by atoms with van der Waals surface area (Å²) in [5.41, 5.74) is 0.524. The number of anilines is 1. The van der Waals surface area contributed by atoms with Gasteiger partial charge in [0.15, 0.2) is 0 Å². The first-order chi connectivity index (χ1) is 11.0. The van der Waals surface area contributed by atoms with Crippen LogP contribution in [0.5, 0.6) is 0 Å². The molecule has 6 nitrogen and oxygen atoms in total. The van der Waals surface area contributed by atoms with Crippen molar-refractivity contribution in [3.05, 3.63) is 23.9 Å². The third-order valence-corrected chi connectivity index (χ3v) is 4.16. The number of aromatic nitrogens is 1. The number of nitrogens with zero attached hydrogens (tertiary/aromatic N) is 5. The summed E-state index contributed by atoms with van der Waals surface area (Å²) in [5, 5.41) is 8.82. The largest absolute Gasteiger partial charge is 0.350 e. The topological polar surface area (TPSA) is 63.5 Å². The summed E-state index contributed by atoms with van der Waals surface area (Å²) in [5.74, 6) is 0.851. The smallest absolute Gasteiger partial charge is 0.242 e. The van der Waals surface area contributed by atoms with Crippen molar-refractivity contribution >= 4 is 11.7 Å². The molecule has 1 fully saturated rings. The SMILES string of the molecule is CN(C)C[C@H]1CCCCN1C(=O)CN(C)c1ccc(C#N)cn1. The maximum Gasteiger partial charge on any atom is 0.242 e. The first-order valence-corrected chi connectivity index (χ1v) is 8.02. The lowest BCUT2D eigenvalue weighted by atomic mass is 10.0. The number of hydrogen-bond acceptors (Lipinski definition) is 5. The minimum Gasteiger partial charge on any atom is -0.350 e. The van der Waals surface area contributed by atoms with Gasteiger partial charge in [-0.15, -0.1) is 0 Å². The molecule has 0 spiro atoms. The molecule has 6 heteroatoms. The van der Waals surface area contributed by atoms with Gasteiger partial charge in [-0.1, -0.05) is 0 Å². The summed E-state index contributed by atoms with van der Waals surface area (Å²) in [7, 11) is 5.95. The fourth-order valence-electron chi connectivity index (χ4n) is 2.99. The number of rotatable bonds is 5. The summed E-state index contributed by atoms with van der Waals surface area (Å²) in [6.45, 7) is 2.05. The van der Waals surface area contributed by atoms with E-state index in [9.17, 15) is 4.79 Å². The summed E-state index contributed by atoms with van der Waals surface area (Å²) < 4.78 is 0. The van der Waals surface area contributed by atoms with Crippen molar-refractivity contribution in [1.82, 2.24) is 14.8 Å². The Morgan fingerprint density at radius 2 is 2.17 bits per heavy atom. The number of pyridine rings is 1. The number of carbonyl (C=O) groups is 1. The molecule has 0 aliphatic carbocycles. The average Bonchev–Trinajstić information content (AvgIpc) is 2.54. The fraction of sp³-hybridized carbons (Fsp3) is 0.588. The molecule has 23 heavy (non-hydrogen) atoms. The van der Waals surface area contributed by atoms with Crippen molar-refractivity contribution < 1.29 is 4.79 Å². The van der Waals surface area contributed by atoms with E-state index in [1.165, 1.54) is 12.6 Å². The van der Waals surface area contributed by atoms with Crippen molar-refractivity contribution in [2.75, 3.05) is 45.7 Å². The highest BCUT2D eigenvalue weighted by Crippen LogP contribution is 2.18. The van der Waals surface area contributed by atoms with Crippen LogP contribution in [0.2, 0.25) is 0 Å². The van der Waals surface area contributed by atoms with E-state index in [4.69, 9.17) is 5.26 Å². The summed E-state index contributed by atoms with van der Waals surface area (Å²) in [6.07, 6.45) is 4.87. The quantitative estimate of drug-likeness (QED) is 0.820. The Kier molecular flexibility index (Phi) is 5.94. The number of piperidine rings is 1. The maximum absolute atomic E-state index is 12.7. The Morgan fingerprint density at radius 3 is 2.78 bits per heavy atom. The normalized spacial score (nSPS) is 17.9. The number of hydrogen-bond donors (Lipinski definition) is 0. The molecule has 1 aliphatic heterocycles. The van der Waals surface area contributed by atoms with Gasteiger partial charge < -0.3 is 14.7 Å². The van der Waals surface area contributed by atoms with E-state index in [2.05, 4.69) is 9.88 Å². The van der Waals surface area contributed by atoms with E-state index in [1.807, 2.05) is 37.0 Å². The van der Waals surface area contributed by atoms with Gasteiger partial charge in [-0.2, -0.15) is 5.26 Å². The van der Waals surface area contributed by atoms with Gasteiger partial charge in [0.25, 0.3) is 0 Å². The minimum absolute atomic E-state index is 0.144. The fourth-order valence-corrected chi connectivity index (χ4v) is 2.99. The van der Waals surface area contributed by atoms with E-state index in [1.54, 1.807) is 12.1 Å². The number of likely N-dealkylation sites (N-methyl/N-ethyl adjacent to an activating group) is 2. The zero-order valence-electron chi connectivity index (χ0n) is 14.2. The average molecular weight is 315 g/mol. The number of nitriles is 1. The van der Waals surface area contributed by atoms with E-state index in [0.717, 1.165) is 25.9 Å². The first kappa shape index (κ1) is 17.2. The Bertz CT molecular complexity index is 563. The van der Waals surface area contributed by atoms with Gasteiger partial charge >= 0.3 is 0 Å². The van der Waals surface area contributed by atoms with Crippen LogP contribution in [0, 0.1) is 11.3 Å². The highest BCUT2D eigenvalue weighted by molar-refractivity contribution is 5.81. The van der Waals surface area contributed by atoms with E-state index >= 15 is 0 Å². The Morgan fingerprint density at radius 1 is 1.39 bits per heavy atom. The molecule has 1 saturated heterocycles. The molecule has 1 atom stereocenters. The van der Waals surface area contributed by atoms with Crippen LogP contribution in [0.4, 0.5) is 5.82 Å². The summed E-state index contributed by atoms with van der Waals surface area (Å²) in [4.78, 5) is 22.9. The van der Waals surface area contributed by atoms with Crippen LogP contribution < -0.4 is 4.90 Å². The van der Waals surface area contributed by atoms with Crippen molar-refractivity contribution in [3.8, 4) is 6.07 Å². The predicted molar refractivity (Wildman–Crippen MR) is 90.1 cm³/mol. The second-order valence-corrected chi connectivity index (χ2v) is 6.37. The van der Waals surface area contributed by atoms with Crippen LogP contribution in [0.1, 0.15) is 24.8 Å². The summed E-state index contributed by atoms with van der Waals surface area (Å²) >= 11 is 0. The van der Waals surface area contributed by atoms with E-state index < -0.39 is 0 Å². The zero-order chi connectivity index (χ0) is 16.8. The van der Waals surface area contributed by atoms with Gasteiger partial charge in [0.05, 0.1) is 12.1 Å². The minimum atomic E-state index is 0.144. The van der Waals surface area contributed by atoms with Crippen molar-refractivity contribution in [3.63, 3.8) is 0 Å². The van der Waals surface area contributed by atoms with Gasteiger partial charge in [0.2, 0.25) is 5.91 Å². The van der Waals surface area contributed by atoms with Crippen LogP contribution in [0.15, 0.2) is 18.3 Å². The molecule has 1 aromatic heterocycles. The zero-order valence-corrected chi connectivity index (χ0v) is 14.2. The molecule has 1 aliphatic rings. The molecule has 0 bridgehead atoms. The highest BCUT2D eigenvalue weighted by Gasteiger charge is 2.27. The predicted octanol–water partition coefficient (Wildman–Crippen LogP) is 1.33. The Balaban J connectivity index is 1.99. The molecule has 2 rings (SSSR count). The molecule has 2 heterocycles. The molecule has 124 valence electrons. The lowest BCUT2D eigenvalue weighted by Gasteiger charge is -2.38. The van der Waals surface area contributed by atoms with Crippen LogP contribution >= 0.6 is 0 Å². The molecule has 0 saturated carbocycles. The standard InChI is InChI=1S/C17H25N5O/c1-20(2)12-15-6-4-5-9-22(15)17(23)13-21(3)16-8-7-14(10-18)11-19-16/h7-8,11,15H,4-6,9,12-13H2,1-3H3/t15-/m1/s1. The number of amides is 1. The van der Waals surface area contributed by atoms with Crippen molar-refractivity contribution in [2.24, 2.45) is 0 Å². The lowest BCUT2D eigenvalue weighted by molar-refractivity contribution is -0.133. The Hall–Kier alpha value is -2.13. The monoisotopic (exact) mass is 315 g/mol. The van der Waals surface area contributed by atoms with Gasteiger partial charge in [-0.05, 0) is 45.5 Å². The van der Waals surface area contributed by atoms with Crippen molar-refractivity contribution in [2.45, 2.75) is 25.3 Å². The number of carbonyl (C=O) groups excluding carboxylic acids is 1. The van der Waals surface area contributed by atoms with Crippen LogP contribution in [0.3, 0.4) is 0 Å². The molecule has 0 radical (unpaired) electrons. The summed E-state index contributed by atoms with van der Waals surface area (Å²) in [6, 6.07) is 5.85. The van der Waals surface area contributed by atoms with E-state index in [0.29, 0.717) is 24.0 Å². The first-order valence-electron chi connectivity index (χ1n) is 8.02. The molecule has 0 N–H and O–H groups in total. The third kappa shape index (κ3) is 4.67. The van der Waals surface area contributed by atoms with Crippen LogP contribution in [-0.2, 0) is 4.79 Å². The van der Waals surface area contributed by atoms with Crippen LogP contribution in [-0.4, -0.2) is 67.5 Å². The molecule has 1 amide bonds.